The van der Waals surface area contributed by atoms with Crippen LogP contribution in [0.5, 0.6) is 5.75 Å². The molecule has 2 heterocycles. The first-order valence-corrected chi connectivity index (χ1v) is 13.3. The zero-order chi connectivity index (χ0) is 29.6. The Morgan fingerprint density at radius 1 is 1.02 bits per heavy atom. The Labute approximate surface area is 234 Å². The SMILES string of the molecule is CO[C@@H]1[C@@H](O)C(O)[C@H](C(C)(C)Oc2ccc3cc(NC(C)(C)C(=O)c4ccccc4)c(=O)oc3c2C)OC1(C)C. The summed E-state index contributed by atoms with van der Waals surface area (Å²) < 4.78 is 23.6. The minimum absolute atomic E-state index is 0.160. The van der Waals surface area contributed by atoms with Crippen LogP contribution in [-0.4, -0.2) is 64.3 Å². The number of rotatable bonds is 8. The molecule has 0 saturated carbocycles. The van der Waals surface area contributed by atoms with Gasteiger partial charge in [-0.1, -0.05) is 30.3 Å². The average Bonchev–Trinajstić information content (AvgIpc) is 2.89. The average molecular weight is 554 g/mol. The summed E-state index contributed by atoms with van der Waals surface area (Å²) in [6, 6.07) is 14.0. The normalized spacial score (nSPS) is 23.1. The van der Waals surface area contributed by atoms with Crippen LogP contribution < -0.4 is 15.7 Å². The van der Waals surface area contributed by atoms with Gasteiger partial charge in [-0.25, -0.2) is 4.79 Å². The number of fused-ring (bicyclic) bond motifs is 1. The first-order valence-electron chi connectivity index (χ1n) is 13.3. The number of ketones is 1. The van der Waals surface area contributed by atoms with E-state index in [-0.39, 0.29) is 11.5 Å². The molecule has 4 rings (SSSR count). The van der Waals surface area contributed by atoms with E-state index in [0.29, 0.717) is 27.8 Å². The second-order valence-corrected chi connectivity index (χ2v) is 12.0. The van der Waals surface area contributed by atoms with Crippen LogP contribution >= 0.6 is 0 Å². The van der Waals surface area contributed by atoms with E-state index >= 15 is 0 Å². The molecule has 0 aliphatic carbocycles. The number of benzene rings is 2. The number of aliphatic hydroxyl groups excluding tert-OH is 2. The molecular weight excluding hydrogens is 514 g/mol. The fourth-order valence-electron chi connectivity index (χ4n) is 5.40. The van der Waals surface area contributed by atoms with E-state index in [4.69, 9.17) is 18.6 Å². The number of aliphatic hydroxyl groups is 2. The van der Waals surface area contributed by atoms with Crippen molar-refractivity contribution in [2.24, 2.45) is 0 Å². The second kappa shape index (κ2) is 10.6. The molecule has 3 N–H and O–H groups in total. The van der Waals surface area contributed by atoms with Crippen molar-refractivity contribution in [3.8, 4) is 5.75 Å². The predicted octanol–water partition coefficient (Wildman–Crippen LogP) is 4.25. The number of nitrogens with one attached hydrogen (secondary N) is 1. The molecule has 3 aromatic rings. The Morgan fingerprint density at radius 2 is 1.68 bits per heavy atom. The highest BCUT2D eigenvalue weighted by molar-refractivity contribution is 6.04. The number of hydrogen-bond donors (Lipinski definition) is 3. The summed E-state index contributed by atoms with van der Waals surface area (Å²) in [6.07, 6.45) is -4.05. The molecule has 40 heavy (non-hydrogen) atoms. The van der Waals surface area contributed by atoms with Gasteiger partial charge in [-0.15, -0.1) is 0 Å². The Balaban J connectivity index is 1.61. The number of carbonyl (C=O) groups excluding carboxylic acids is 1. The van der Waals surface area contributed by atoms with E-state index in [1.54, 1.807) is 90.9 Å². The van der Waals surface area contributed by atoms with E-state index in [1.165, 1.54) is 7.11 Å². The number of hydrogen-bond acceptors (Lipinski definition) is 9. The quantitative estimate of drug-likeness (QED) is 0.277. The largest absolute Gasteiger partial charge is 0.485 e. The molecular formula is C31H39NO8. The lowest BCUT2D eigenvalue weighted by atomic mass is 9.82. The standard InChI is InChI=1S/C31H39NO8/c1-17-21(39-31(6,7)27-23(34)22(33)26(37-8)30(4,5)40-27)15-14-19-16-20(28(36)38-24(17)19)32-29(2,3)25(35)18-12-10-9-11-13-18/h9-16,22-23,26-27,32-34H,1-8H3/t22-,23?,26+,27+/m0/s1. The molecule has 1 aliphatic rings. The molecule has 1 aliphatic heterocycles. The fourth-order valence-corrected chi connectivity index (χ4v) is 5.40. The zero-order valence-corrected chi connectivity index (χ0v) is 24.3. The molecule has 216 valence electrons. The van der Waals surface area contributed by atoms with Crippen LogP contribution in [0.4, 0.5) is 5.69 Å². The molecule has 0 spiro atoms. The summed E-state index contributed by atoms with van der Waals surface area (Å²) in [7, 11) is 1.46. The van der Waals surface area contributed by atoms with Crippen molar-refractivity contribution in [1.29, 1.82) is 0 Å². The molecule has 0 amide bonds. The van der Waals surface area contributed by atoms with Gasteiger partial charge in [0.05, 0.1) is 11.1 Å². The minimum Gasteiger partial charge on any atom is -0.485 e. The third-order valence-electron chi connectivity index (χ3n) is 7.55. The van der Waals surface area contributed by atoms with Crippen LogP contribution in [0, 0.1) is 6.92 Å². The van der Waals surface area contributed by atoms with Gasteiger partial charge in [0.1, 0.15) is 47.0 Å². The Kier molecular flexibility index (Phi) is 7.90. The first kappa shape index (κ1) is 29.7. The zero-order valence-electron chi connectivity index (χ0n) is 24.3. The maximum absolute atomic E-state index is 13.1. The maximum Gasteiger partial charge on any atom is 0.359 e. The van der Waals surface area contributed by atoms with Crippen molar-refractivity contribution in [2.75, 3.05) is 12.4 Å². The summed E-state index contributed by atoms with van der Waals surface area (Å²) in [5.74, 6) is 0.268. The fraction of sp³-hybridized carbons (Fsp3) is 0.484. The summed E-state index contributed by atoms with van der Waals surface area (Å²) in [5.41, 5.74) is -2.05. The first-order chi connectivity index (χ1) is 18.6. The van der Waals surface area contributed by atoms with E-state index in [1.807, 2.05) is 6.07 Å². The second-order valence-electron chi connectivity index (χ2n) is 12.0. The van der Waals surface area contributed by atoms with Crippen LogP contribution in [0.15, 0.2) is 57.7 Å². The molecule has 4 atom stereocenters. The van der Waals surface area contributed by atoms with Crippen molar-refractivity contribution < 1.29 is 33.6 Å². The molecule has 1 aromatic heterocycles. The summed E-state index contributed by atoms with van der Waals surface area (Å²) in [5, 5.41) is 25.3. The Morgan fingerprint density at radius 3 is 2.30 bits per heavy atom. The van der Waals surface area contributed by atoms with Crippen LogP contribution in [0.25, 0.3) is 11.0 Å². The summed E-state index contributed by atoms with van der Waals surface area (Å²) in [6.45, 7) is 12.3. The van der Waals surface area contributed by atoms with Gasteiger partial charge >= 0.3 is 5.63 Å². The van der Waals surface area contributed by atoms with Crippen LogP contribution in [0.1, 0.15) is 57.5 Å². The molecule has 1 unspecified atom stereocenters. The van der Waals surface area contributed by atoms with Crippen LogP contribution in [0.3, 0.4) is 0 Å². The van der Waals surface area contributed by atoms with Gasteiger partial charge in [0.2, 0.25) is 0 Å². The summed E-state index contributed by atoms with van der Waals surface area (Å²) >= 11 is 0. The van der Waals surface area contributed by atoms with Gasteiger partial charge in [-0.05, 0) is 66.7 Å². The Hall–Kier alpha value is -3.24. The van der Waals surface area contributed by atoms with Crippen molar-refractivity contribution >= 4 is 22.4 Å². The monoisotopic (exact) mass is 553 g/mol. The highest BCUT2D eigenvalue weighted by Crippen LogP contribution is 2.39. The van der Waals surface area contributed by atoms with Crippen LogP contribution in [0.2, 0.25) is 0 Å². The number of aryl methyl sites for hydroxylation is 1. The predicted molar refractivity (Wildman–Crippen MR) is 152 cm³/mol. The van der Waals surface area contributed by atoms with Crippen molar-refractivity contribution in [3.05, 3.63) is 70.1 Å². The third-order valence-corrected chi connectivity index (χ3v) is 7.55. The molecule has 0 bridgehead atoms. The number of carbonyl (C=O) groups is 1. The van der Waals surface area contributed by atoms with Crippen LogP contribution in [-0.2, 0) is 9.47 Å². The molecule has 1 fully saturated rings. The lowest BCUT2D eigenvalue weighted by Crippen LogP contribution is -2.68. The lowest BCUT2D eigenvalue weighted by molar-refractivity contribution is -0.289. The Bertz CT molecular complexity index is 1440. The van der Waals surface area contributed by atoms with Gasteiger partial charge in [0.25, 0.3) is 0 Å². The molecule has 2 aromatic carbocycles. The molecule has 9 nitrogen and oxygen atoms in total. The summed E-state index contributed by atoms with van der Waals surface area (Å²) in [4.78, 5) is 26.1. The van der Waals surface area contributed by atoms with Crippen molar-refractivity contribution in [3.63, 3.8) is 0 Å². The lowest BCUT2D eigenvalue weighted by Gasteiger charge is -2.51. The molecule has 1 saturated heterocycles. The van der Waals surface area contributed by atoms with Crippen molar-refractivity contribution in [1.82, 2.24) is 0 Å². The van der Waals surface area contributed by atoms with E-state index < -0.39 is 46.8 Å². The number of Topliss-reactive ketones (excluding diaryl/α,β-unsaturated/α-hetero) is 1. The number of methoxy groups -OCH3 is 1. The third kappa shape index (κ3) is 5.51. The highest BCUT2D eigenvalue weighted by Gasteiger charge is 2.54. The van der Waals surface area contributed by atoms with Gasteiger partial charge in [-0.2, -0.15) is 0 Å². The van der Waals surface area contributed by atoms with Gasteiger partial charge in [-0.3, -0.25) is 4.79 Å². The van der Waals surface area contributed by atoms with E-state index in [9.17, 15) is 19.8 Å². The van der Waals surface area contributed by atoms with Gasteiger partial charge in [0, 0.05) is 23.6 Å². The smallest absolute Gasteiger partial charge is 0.359 e. The number of ether oxygens (including phenoxy) is 3. The van der Waals surface area contributed by atoms with E-state index in [0.717, 1.165) is 0 Å². The van der Waals surface area contributed by atoms with Crippen molar-refractivity contribution in [2.45, 2.75) is 89.6 Å². The topological polar surface area (TPSA) is 127 Å². The minimum atomic E-state index is -1.26. The van der Waals surface area contributed by atoms with E-state index in [2.05, 4.69) is 5.32 Å². The number of anilines is 1. The molecule has 0 radical (unpaired) electrons. The van der Waals surface area contributed by atoms with Gasteiger partial charge < -0.3 is 34.2 Å². The van der Waals surface area contributed by atoms with Gasteiger partial charge in [0.15, 0.2) is 5.78 Å². The molecule has 9 heteroatoms. The maximum atomic E-state index is 13.1. The highest BCUT2D eigenvalue weighted by atomic mass is 16.6.